The zero-order valence-corrected chi connectivity index (χ0v) is 7.77. The van der Waals surface area contributed by atoms with Crippen LogP contribution in [0, 0.1) is 0 Å². The number of aromatic nitrogens is 1. The summed E-state index contributed by atoms with van der Waals surface area (Å²) in [5, 5.41) is 10.8. The number of nitrogens with two attached hydrogens (primary N) is 1. The summed E-state index contributed by atoms with van der Waals surface area (Å²) in [6.45, 7) is 0. The third kappa shape index (κ3) is 0.985. The van der Waals surface area contributed by atoms with Gasteiger partial charge < -0.3 is 15.3 Å². The number of benzene rings is 1. The second-order valence-electron chi connectivity index (χ2n) is 3.34. The summed E-state index contributed by atoms with van der Waals surface area (Å²) in [6.07, 6.45) is 1.40. The van der Waals surface area contributed by atoms with Gasteiger partial charge in [0.15, 0.2) is 0 Å². The molecular formula is C11H8N2O2. The third-order valence-electron chi connectivity index (χ3n) is 2.46. The number of hydrogen-bond donors (Lipinski definition) is 2. The highest BCUT2D eigenvalue weighted by molar-refractivity contribution is 6.08. The van der Waals surface area contributed by atoms with E-state index >= 15 is 0 Å². The Morgan fingerprint density at radius 2 is 2.00 bits per heavy atom. The molecule has 0 radical (unpaired) electrons. The monoisotopic (exact) mass is 200 g/mol. The lowest BCUT2D eigenvalue weighted by molar-refractivity contribution is 0.338. The van der Waals surface area contributed by atoms with Crippen LogP contribution in [-0.2, 0) is 0 Å². The first-order valence-corrected chi connectivity index (χ1v) is 4.52. The summed E-state index contributed by atoms with van der Waals surface area (Å²) in [6, 6.07) is 7.50. The fourth-order valence-electron chi connectivity index (χ4n) is 1.74. The van der Waals surface area contributed by atoms with Gasteiger partial charge in [0.1, 0.15) is 17.2 Å². The van der Waals surface area contributed by atoms with Crippen LogP contribution in [0.2, 0.25) is 0 Å². The largest absolute Gasteiger partial charge is 0.480 e. The highest BCUT2D eigenvalue weighted by Gasteiger charge is 2.12. The maximum absolute atomic E-state index is 9.46. The van der Waals surface area contributed by atoms with Crippen molar-refractivity contribution in [3.8, 4) is 5.95 Å². The lowest BCUT2D eigenvalue weighted by Crippen LogP contribution is -1.90. The van der Waals surface area contributed by atoms with Gasteiger partial charge in [-0.2, -0.15) is 0 Å². The highest BCUT2D eigenvalue weighted by Crippen LogP contribution is 2.34. The summed E-state index contributed by atoms with van der Waals surface area (Å²) in [4.78, 5) is 4.33. The van der Waals surface area contributed by atoms with Crippen molar-refractivity contribution in [1.29, 1.82) is 0 Å². The minimum atomic E-state index is -0.180. The zero-order valence-electron chi connectivity index (χ0n) is 7.77. The van der Waals surface area contributed by atoms with Gasteiger partial charge >= 0.3 is 0 Å². The van der Waals surface area contributed by atoms with E-state index in [0.29, 0.717) is 16.6 Å². The molecule has 0 atom stereocenters. The number of hydrogen-bond acceptors (Lipinski definition) is 4. The predicted octanol–water partition coefficient (Wildman–Crippen LogP) is 2.27. The van der Waals surface area contributed by atoms with E-state index in [1.165, 1.54) is 6.26 Å². The third-order valence-corrected chi connectivity index (χ3v) is 2.46. The van der Waals surface area contributed by atoms with Crippen molar-refractivity contribution in [2.45, 2.75) is 0 Å². The van der Waals surface area contributed by atoms with Crippen LogP contribution < -0.4 is 5.73 Å². The normalized spacial score (nSPS) is 11.2. The van der Waals surface area contributed by atoms with Gasteiger partial charge in [-0.05, 0) is 6.07 Å². The highest BCUT2D eigenvalue weighted by atomic mass is 16.5. The van der Waals surface area contributed by atoms with Gasteiger partial charge in [0.25, 0.3) is 5.95 Å². The quantitative estimate of drug-likeness (QED) is 0.583. The number of rotatable bonds is 0. The molecule has 15 heavy (non-hydrogen) atoms. The lowest BCUT2D eigenvalue weighted by atomic mass is 10.1. The Morgan fingerprint density at radius 1 is 1.20 bits per heavy atom. The SMILES string of the molecule is Nc1c2ccccc2nc2coc(O)c12. The molecule has 3 rings (SSSR count). The van der Waals surface area contributed by atoms with Gasteiger partial charge in [-0.25, -0.2) is 4.98 Å². The Balaban J connectivity index is 2.62. The van der Waals surface area contributed by atoms with Crippen LogP contribution in [0.15, 0.2) is 34.9 Å². The Bertz CT molecular complexity index is 658. The number of para-hydroxylation sites is 1. The summed E-state index contributed by atoms with van der Waals surface area (Å²) < 4.78 is 4.88. The van der Waals surface area contributed by atoms with Crippen LogP contribution in [0.3, 0.4) is 0 Å². The van der Waals surface area contributed by atoms with Gasteiger partial charge in [-0.1, -0.05) is 18.2 Å². The first kappa shape index (κ1) is 8.11. The topological polar surface area (TPSA) is 72.3 Å². The average molecular weight is 200 g/mol. The maximum Gasteiger partial charge on any atom is 0.293 e. The number of pyridine rings is 1. The lowest BCUT2D eigenvalue weighted by Gasteiger charge is -2.01. The molecule has 4 nitrogen and oxygen atoms in total. The molecular weight excluding hydrogens is 192 g/mol. The second-order valence-corrected chi connectivity index (χ2v) is 3.34. The Kier molecular flexibility index (Phi) is 1.42. The van der Waals surface area contributed by atoms with Gasteiger partial charge in [0.2, 0.25) is 0 Å². The molecule has 0 aliphatic rings. The molecule has 0 bridgehead atoms. The molecule has 2 heterocycles. The molecule has 4 heteroatoms. The smallest absolute Gasteiger partial charge is 0.293 e. The van der Waals surface area contributed by atoms with E-state index in [-0.39, 0.29) is 5.95 Å². The number of aromatic hydroxyl groups is 1. The molecule has 74 valence electrons. The van der Waals surface area contributed by atoms with Crippen LogP contribution in [0.5, 0.6) is 5.95 Å². The Hall–Kier alpha value is -2.23. The predicted molar refractivity (Wildman–Crippen MR) is 57.6 cm³/mol. The molecule has 3 aromatic rings. The van der Waals surface area contributed by atoms with E-state index in [9.17, 15) is 5.11 Å². The van der Waals surface area contributed by atoms with Crippen LogP contribution in [0.1, 0.15) is 0 Å². The summed E-state index contributed by atoms with van der Waals surface area (Å²) >= 11 is 0. The zero-order chi connectivity index (χ0) is 10.4. The van der Waals surface area contributed by atoms with Crippen LogP contribution in [-0.4, -0.2) is 10.1 Å². The fourth-order valence-corrected chi connectivity index (χ4v) is 1.74. The number of nitrogen functional groups attached to an aromatic ring is 1. The summed E-state index contributed by atoms with van der Waals surface area (Å²) in [5.74, 6) is -0.180. The number of anilines is 1. The number of fused-ring (bicyclic) bond motifs is 2. The van der Waals surface area contributed by atoms with E-state index < -0.39 is 0 Å². The van der Waals surface area contributed by atoms with E-state index in [0.717, 1.165) is 10.9 Å². The van der Waals surface area contributed by atoms with Gasteiger partial charge in [0, 0.05) is 5.39 Å². The van der Waals surface area contributed by atoms with Crippen molar-refractivity contribution in [2.24, 2.45) is 0 Å². The van der Waals surface area contributed by atoms with E-state index in [4.69, 9.17) is 10.2 Å². The molecule has 0 unspecified atom stereocenters. The molecule has 1 aromatic carbocycles. The number of nitrogens with zero attached hydrogens (tertiary/aromatic N) is 1. The van der Waals surface area contributed by atoms with E-state index in [1.54, 1.807) is 0 Å². The number of furan rings is 1. The Morgan fingerprint density at radius 3 is 2.87 bits per heavy atom. The van der Waals surface area contributed by atoms with Crippen LogP contribution >= 0.6 is 0 Å². The van der Waals surface area contributed by atoms with E-state index in [1.807, 2.05) is 24.3 Å². The molecule has 2 aromatic heterocycles. The van der Waals surface area contributed by atoms with Crippen molar-refractivity contribution >= 4 is 27.5 Å². The summed E-state index contributed by atoms with van der Waals surface area (Å²) in [5.41, 5.74) is 7.81. The van der Waals surface area contributed by atoms with Crippen molar-refractivity contribution in [3.63, 3.8) is 0 Å². The molecule has 0 spiro atoms. The molecule has 0 saturated heterocycles. The van der Waals surface area contributed by atoms with Crippen LogP contribution in [0.4, 0.5) is 5.69 Å². The van der Waals surface area contributed by atoms with Crippen LogP contribution in [0.25, 0.3) is 21.8 Å². The van der Waals surface area contributed by atoms with Gasteiger partial charge in [-0.3, -0.25) is 0 Å². The second kappa shape index (κ2) is 2.63. The summed E-state index contributed by atoms with van der Waals surface area (Å²) in [7, 11) is 0. The molecule has 0 aliphatic heterocycles. The first-order valence-electron chi connectivity index (χ1n) is 4.52. The fraction of sp³-hybridized carbons (Fsp3) is 0. The van der Waals surface area contributed by atoms with E-state index in [2.05, 4.69) is 4.98 Å². The first-order chi connectivity index (χ1) is 7.27. The maximum atomic E-state index is 9.46. The Labute approximate surface area is 84.9 Å². The minimum absolute atomic E-state index is 0.180. The molecule has 0 amide bonds. The minimum Gasteiger partial charge on any atom is -0.480 e. The van der Waals surface area contributed by atoms with Gasteiger partial charge in [0.05, 0.1) is 11.2 Å². The molecule has 0 fully saturated rings. The van der Waals surface area contributed by atoms with Crippen molar-refractivity contribution in [1.82, 2.24) is 4.98 Å². The molecule has 0 aliphatic carbocycles. The average Bonchev–Trinajstić information content (AvgIpc) is 2.61. The van der Waals surface area contributed by atoms with Crippen molar-refractivity contribution in [2.75, 3.05) is 5.73 Å². The standard InChI is InChI=1S/C11H8N2O2/c12-10-6-3-1-2-4-7(6)13-8-5-15-11(14)9(8)10/h1-5,14H,12H2. The van der Waals surface area contributed by atoms with Crippen molar-refractivity contribution < 1.29 is 9.52 Å². The molecule has 0 saturated carbocycles. The molecule has 3 N–H and O–H groups in total. The van der Waals surface area contributed by atoms with Gasteiger partial charge in [-0.15, -0.1) is 0 Å². The van der Waals surface area contributed by atoms with Crippen molar-refractivity contribution in [3.05, 3.63) is 30.5 Å².